The normalized spacial score (nSPS) is 11.7. The van der Waals surface area contributed by atoms with Crippen LogP contribution in [0.3, 0.4) is 0 Å². The molecule has 0 aliphatic rings. The number of carbonyl (C=O) groups is 2. The van der Waals surface area contributed by atoms with Crippen LogP contribution in [0.4, 0.5) is 0 Å². The fraction of sp³-hybridized carbons (Fsp3) is 0.294. The summed E-state index contributed by atoms with van der Waals surface area (Å²) in [6, 6.07) is 10.6. The molecule has 5 nitrogen and oxygen atoms in total. The highest BCUT2D eigenvalue weighted by molar-refractivity contribution is 5.97. The lowest BCUT2D eigenvalue weighted by molar-refractivity contribution is -0.122. The van der Waals surface area contributed by atoms with Crippen LogP contribution in [0.1, 0.15) is 30.6 Å². The van der Waals surface area contributed by atoms with E-state index in [1.54, 1.807) is 19.1 Å². The maximum absolute atomic E-state index is 12.1. The Kier molecular flexibility index (Phi) is 5.36. The van der Waals surface area contributed by atoms with E-state index in [0.29, 0.717) is 12.1 Å². The van der Waals surface area contributed by atoms with Gasteiger partial charge in [0.2, 0.25) is 5.91 Å². The number of hydrogen-bond acceptors (Lipinski definition) is 2. The number of amides is 2. The summed E-state index contributed by atoms with van der Waals surface area (Å²) in [5, 5.41) is 5.46. The second kappa shape index (κ2) is 7.45. The van der Waals surface area contributed by atoms with Gasteiger partial charge in [-0.05, 0) is 49.7 Å². The van der Waals surface area contributed by atoms with E-state index >= 15 is 0 Å². The Hall–Kier alpha value is -2.56. The van der Waals surface area contributed by atoms with Crippen molar-refractivity contribution in [3.8, 4) is 5.69 Å². The number of carbonyl (C=O) groups excluding carboxylic acids is 2. The Morgan fingerprint density at radius 2 is 1.77 bits per heavy atom. The molecular formula is C17H21N3O2. The number of nitrogens with zero attached hydrogens (tertiary/aromatic N) is 1. The molecule has 2 aromatic rings. The first kappa shape index (κ1) is 15.8. The molecule has 2 amide bonds. The van der Waals surface area contributed by atoms with E-state index < -0.39 is 6.04 Å². The third kappa shape index (κ3) is 3.97. The second-order valence-electron chi connectivity index (χ2n) is 5.12. The minimum absolute atomic E-state index is 0.167. The lowest BCUT2D eigenvalue weighted by Crippen LogP contribution is -2.44. The average molecular weight is 299 g/mol. The van der Waals surface area contributed by atoms with Gasteiger partial charge in [-0.2, -0.15) is 0 Å². The fourth-order valence-electron chi connectivity index (χ4n) is 2.04. The maximum atomic E-state index is 12.1. The maximum Gasteiger partial charge on any atom is 0.251 e. The molecule has 2 N–H and O–H groups in total. The Balaban J connectivity index is 1.96. The van der Waals surface area contributed by atoms with E-state index in [1.807, 2.05) is 48.1 Å². The highest BCUT2D eigenvalue weighted by atomic mass is 16.2. The van der Waals surface area contributed by atoms with Gasteiger partial charge in [0.1, 0.15) is 6.04 Å². The third-order valence-electron chi connectivity index (χ3n) is 3.32. The molecule has 1 aromatic heterocycles. The molecular weight excluding hydrogens is 278 g/mol. The highest BCUT2D eigenvalue weighted by Gasteiger charge is 2.15. The van der Waals surface area contributed by atoms with Crippen molar-refractivity contribution in [2.75, 3.05) is 6.54 Å². The first-order chi connectivity index (χ1) is 10.6. The molecule has 1 unspecified atom stereocenters. The lowest BCUT2D eigenvalue weighted by Gasteiger charge is -2.14. The molecule has 1 heterocycles. The van der Waals surface area contributed by atoms with Crippen molar-refractivity contribution in [2.45, 2.75) is 26.3 Å². The van der Waals surface area contributed by atoms with Crippen molar-refractivity contribution in [3.05, 3.63) is 54.4 Å². The molecule has 0 aliphatic heterocycles. The van der Waals surface area contributed by atoms with Gasteiger partial charge in [-0.3, -0.25) is 9.59 Å². The Bertz CT molecular complexity index is 618. The average Bonchev–Trinajstić information content (AvgIpc) is 3.07. The standard InChI is InChI=1S/C17H21N3O2/c1-3-10-18-16(21)13(2)19-17(22)14-6-8-15(9-7-14)20-11-4-5-12-20/h4-9,11-13H,3,10H2,1-2H3,(H,18,21)(H,19,22). The summed E-state index contributed by atoms with van der Waals surface area (Å²) in [4.78, 5) is 23.9. The molecule has 0 fully saturated rings. The van der Waals surface area contributed by atoms with Crippen LogP contribution in [0.5, 0.6) is 0 Å². The van der Waals surface area contributed by atoms with Crippen molar-refractivity contribution in [2.24, 2.45) is 0 Å². The van der Waals surface area contributed by atoms with Crippen molar-refractivity contribution >= 4 is 11.8 Å². The van der Waals surface area contributed by atoms with Crippen molar-refractivity contribution < 1.29 is 9.59 Å². The van der Waals surface area contributed by atoms with Crippen molar-refractivity contribution in [1.82, 2.24) is 15.2 Å². The fourth-order valence-corrected chi connectivity index (χ4v) is 2.04. The minimum Gasteiger partial charge on any atom is -0.354 e. The van der Waals surface area contributed by atoms with Crippen LogP contribution < -0.4 is 10.6 Å². The molecule has 22 heavy (non-hydrogen) atoms. The summed E-state index contributed by atoms with van der Waals surface area (Å²) in [5.41, 5.74) is 1.52. The zero-order chi connectivity index (χ0) is 15.9. The summed E-state index contributed by atoms with van der Waals surface area (Å²) in [5.74, 6) is -0.419. The summed E-state index contributed by atoms with van der Waals surface area (Å²) < 4.78 is 1.96. The largest absolute Gasteiger partial charge is 0.354 e. The topological polar surface area (TPSA) is 63.1 Å². The van der Waals surface area contributed by atoms with E-state index in [9.17, 15) is 9.59 Å². The van der Waals surface area contributed by atoms with Crippen LogP contribution >= 0.6 is 0 Å². The van der Waals surface area contributed by atoms with Crippen LogP contribution in [-0.4, -0.2) is 29.0 Å². The Morgan fingerprint density at radius 3 is 2.36 bits per heavy atom. The summed E-state index contributed by atoms with van der Waals surface area (Å²) in [6.07, 6.45) is 4.75. The summed E-state index contributed by atoms with van der Waals surface area (Å²) in [7, 11) is 0. The highest BCUT2D eigenvalue weighted by Crippen LogP contribution is 2.10. The molecule has 116 valence electrons. The number of rotatable bonds is 6. The molecule has 0 bridgehead atoms. The number of nitrogens with one attached hydrogen (secondary N) is 2. The SMILES string of the molecule is CCCNC(=O)C(C)NC(=O)c1ccc(-n2cccc2)cc1. The number of benzene rings is 1. The lowest BCUT2D eigenvalue weighted by atomic mass is 10.1. The van der Waals surface area contributed by atoms with Gasteiger partial charge >= 0.3 is 0 Å². The monoisotopic (exact) mass is 299 g/mol. The first-order valence-electron chi connectivity index (χ1n) is 7.43. The predicted octanol–water partition coefficient (Wildman–Crippen LogP) is 2.12. The van der Waals surface area contributed by atoms with Gasteiger partial charge < -0.3 is 15.2 Å². The van der Waals surface area contributed by atoms with Crippen LogP contribution in [0, 0.1) is 0 Å². The molecule has 1 aromatic carbocycles. The van der Waals surface area contributed by atoms with Crippen LogP contribution in [-0.2, 0) is 4.79 Å². The molecule has 5 heteroatoms. The van der Waals surface area contributed by atoms with E-state index in [-0.39, 0.29) is 11.8 Å². The van der Waals surface area contributed by atoms with Gasteiger partial charge in [-0.15, -0.1) is 0 Å². The quantitative estimate of drug-likeness (QED) is 0.858. The number of hydrogen-bond donors (Lipinski definition) is 2. The molecule has 0 saturated heterocycles. The van der Waals surface area contributed by atoms with Gasteiger partial charge in [-0.1, -0.05) is 6.92 Å². The van der Waals surface area contributed by atoms with E-state index in [1.165, 1.54) is 0 Å². The zero-order valence-corrected chi connectivity index (χ0v) is 12.9. The summed E-state index contributed by atoms with van der Waals surface area (Å²) >= 11 is 0. The Labute approximate surface area is 130 Å². The van der Waals surface area contributed by atoms with Crippen molar-refractivity contribution in [1.29, 1.82) is 0 Å². The van der Waals surface area contributed by atoms with E-state index in [4.69, 9.17) is 0 Å². The van der Waals surface area contributed by atoms with Gasteiger partial charge in [-0.25, -0.2) is 0 Å². The Morgan fingerprint density at radius 1 is 1.14 bits per heavy atom. The minimum atomic E-state index is -0.553. The van der Waals surface area contributed by atoms with Crippen LogP contribution in [0.25, 0.3) is 5.69 Å². The van der Waals surface area contributed by atoms with Gasteiger partial charge in [0.25, 0.3) is 5.91 Å². The van der Waals surface area contributed by atoms with Crippen LogP contribution in [0.15, 0.2) is 48.8 Å². The molecule has 0 spiro atoms. The van der Waals surface area contributed by atoms with Gasteiger partial charge in [0.05, 0.1) is 0 Å². The first-order valence-corrected chi connectivity index (χ1v) is 7.43. The smallest absolute Gasteiger partial charge is 0.251 e. The molecule has 0 aliphatic carbocycles. The third-order valence-corrected chi connectivity index (χ3v) is 3.32. The van der Waals surface area contributed by atoms with Crippen molar-refractivity contribution in [3.63, 3.8) is 0 Å². The van der Waals surface area contributed by atoms with Gasteiger partial charge in [0, 0.05) is 30.2 Å². The predicted molar refractivity (Wildman–Crippen MR) is 86.0 cm³/mol. The van der Waals surface area contributed by atoms with E-state index in [2.05, 4.69) is 10.6 Å². The molecule has 1 atom stereocenters. The second-order valence-corrected chi connectivity index (χ2v) is 5.12. The van der Waals surface area contributed by atoms with Crippen LogP contribution in [0.2, 0.25) is 0 Å². The van der Waals surface area contributed by atoms with E-state index in [0.717, 1.165) is 12.1 Å². The molecule has 0 radical (unpaired) electrons. The molecule has 0 saturated carbocycles. The zero-order valence-electron chi connectivity index (χ0n) is 12.9. The molecule has 2 rings (SSSR count). The van der Waals surface area contributed by atoms with Gasteiger partial charge in [0.15, 0.2) is 0 Å². The summed E-state index contributed by atoms with van der Waals surface area (Å²) in [6.45, 7) is 4.28. The number of aromatic nitrogens is 1.